The van der Waals surface area contributed by atoms with Gasteiger partial charge in [-0.15, -0.1) is 0 Å². The van der Waals surface area contributed by atoms with Crippen LogP contribution in [-0.4, -0.2) is 11.8 Å². The molecule has 2 rings (SSSR count). The molecule has 0 saturated heterocycles. The van der Waals surface area contributed by atoms with Crippen molar-refractivity contribution in [2.75, 3.05) is 0 Å². The second-order valence-electron chi connectivity index (χ2n) is 4.44. The standard InChI is InChI=1S/C14H15BrN2O2/c15-12-8-4-7-11(9-12)14(19)17-16-13(18)10-5-2-1-3-6-10/h1-2,4,7-10H,3,5-6H2,(H,16,18)(H,17,19)/t10-/m0/s1. The fraction of sp³-hybridized carbons (Fsp3) is 0.286. The third-order valence-electron chi connectivity index (χ3n) is 3.03. The van der Waals surface area contributed by atoms with Gasteiger partial charge >= 0.3 is 0 Å². The molecule has 0 saturated carbocycles. The van der Waals surface area contributed by atoms with E-state index in [-0.39, 0.29) is 17.7 Å². The van der Waals surface area contributed by atoms with Crippen LogP contribution in [0.5, 0.6) is 0 Å². The van der Waals surface area contributed by atoms with Gasteiger partial charge in [0.05, 0.1) is 0 Å². The van der Waals surface area contributed by atoms with Crippen LogP contribution in [0.25, 0.3) is 0 Å². The molecule has 100 valence electrons. The highest BCUT2D eigenvalue weighted by Gasteiger charge is 2.19. The Morgan fingerprint density at radius 2 is 2.05 bits per heavy atom. The highest BCUT2D eigenvalue weighted by atomic mass is 79.9. The average Bonchev–Trinajstić information content (AvgIpc) is 2.45. The molecule has 0 fully saturated rings. The molecule has 2 amide bonds. The van der Waals surface area contributed by atoms with Gasteiger partial charge in [0.1, 0.15) is 0 Å². The quantitative estimate of drug-likeness (QED) is 0.649. The van der Waals surface area contributed by atoms with E-state index in [1.54, 1.807) is 18.2 Å². The Morgan fingerprint density at radius 1 is 1.21 bits per heavy atom. The van der Waals surface area contributed by atoms with Crippen molar-refractivity contribution >= 4 is 27.7 Å². The van der Waals surface area contributed by atoms with E-state index in [0.29, 0.717) is 5.56 Å². The SMILES string of the molecule is O=C(NNC(=O)[C@H]1CC=CCC1)c1cccc(Br)c1. The molecule has 1 atom stereocenters. The van der Waals surface area contributed by atoms with Crippen LogP contribution in [-0.2, 0) is 4.79 Å². The predicted molar refractivity (Wildman–Crippen MR) is 76.2 cm³/mol. The van der Waals surface area contributed by atoms with Gasteiger partial charge in [0.2, 0.25) is 5.91 Å². The maximum absolute atomic E-state index is 11.8. The Hall–Kier alpha value is -1.62. The molecular weight excluding hydrogens is 308 g/mol. The summed E-state index contributed by atoms with van der Waals surface area (Å²) in [7, 11) is 0. The van der Waals surface area contributed by atoms with Crippen molar-refractivity contribution in [3.05, 3.63) is 46.5 Å². The molecule has 0 aliphatic heterocycles. The van der Waals surface area contributed by atoms with Crippen molar-refractivity contribution in [3.8, 4) is 0 Å². The zero-order valence-electron chi connectivity index (χ0n) is 10.4. The summed E-state index contributed by atoms with van der Waals surface area (Å²) in [6.07, 6.45) is 6.55. The molecule has 1 aromatic rings. The largest absolute Gasteiger partial charge is 0.273 e. The highest BCUT2D eigenvalue weighted by molar-refractivity contribution is 9.10. The Morgan fingerprint density at radius 3 is 2.74 bits per heavy atom. The number of hydrogen-bond acceptors (Lipinski definition) is 2. The molecule has 0 heterocycles. The monoisotopic (exact) mass is 322 g/mol. The number of rotatable bonds is 2. The van der Waals surface area contributed by atoms with Gasteiger partial charge in [0, 0.05) is 16.0 Å². The Labute approximate surface area is 120 Å². The van der Waals surface area contributed by atoms with Crippen molar-refractivity contribution in [3.63, 3.8) is 0 Å². The van der Waals surface area contributed by atoms with E-state index in [4.69, 9.17) is 0 Å². The lowest BCUT2D eigenvalue weighted by Gasteiger charge is -2.17. The number of hydrogen-bond donors (Lipinski definition) is 2. The maximum Gasteiger partial charge on any atom is 0.269 e. The highest BCUT2D eigenvalue weighted by Crippen LogP contribution is 2.17. The van der Waals surface area contributed by atoms with Crippen molar-refractivity contribution in [1.29, 1.82) is 0 Å². The van der Waals surface area contributed by atoms with Gasteiger partial charge in [-0.1, -0.05) is 34.1 Å². The van der Waals surface area contributed by atoms with E-state index in [0.717, 1.165) is 23.7 Å². The van der Waals surface area contributed by atoms with Crippen LogP contribution in [0.15, 0.2) is 40.9 Å². The maximum atomic E-state index is 11.8. The minimum atomic E-state index is -0.319. The zero-order valence-corrected chi connectivity index (χ0v) is 11.9. The summed E-state index contributed by atoms with van der Waals surface area (Å²) >= 11 is 3.30. The van der Waals surface area contributed by atoms with Gasteiger partial charge < -0.3 is 0 Å². The third kappa shape index (κ3) is 3.92. The Bertz CT molecular complexity index is 514. The molecule has 0 radical (unpaired) electrons. The molecule has 1 aliphatic rings. The van der Waals surface area contributed by atoms with Crippen molar-refractivity contribution in [2.24, 2.45) is 5.92 Å². The first-order valence-electron chi connectivity index (χ1n) is 6.17. The summed E-state index contributed by atoms with van der Waals surface area (Å²) < 4.78 is 0.823. The predicted octanol–water partition coefficient (Wildman–Crippen LogP) is 2.57. The fourth-order valence-corrected chi connectivity index (χ4v) is 2.35. The summed E-state index contributed by atoms with van der Waals surface area (Å²) in [5.74, 6) is -0.499. The summed E-state index contributed by atoms with van der Waals surface area (Å²) in [5.41, 5.74) is 5.42. The molecular formula is C14H15BrN2O2. The van der Waals surface area contributed by atoms with Gasteiger partial charge in [-0.2, -0.15) is 0 Å². The van der Waals surface area contributed by atoms with Gasteiger partial charge in [-0.05, 0) is 37.5 Å². The smallest absolute Gasteiger partial charge is 0.269 e. The van der Waals surface area contributed by atoms with Crippen LogP contribution in [0.1, 0.15) is 29.6 Å². The Kier molecular flexibility index (Phi) is 4.74. The number of hydrazine groups is 1. The van der Waals surface area contributed by atoms with Crippen LogP contribution in [0.2, 0.25) is 0 Å². The first kappa shape index (κ1) is 13.8. The molecule has 1 aliphatic carbocycles. The molecule has 0 unspecified atom stereocenters. The average molecular weight is 323 g/mol. The summed E-state index contributed by atoms with van der Waals surface area (Å²) in [6, 6.07) is 7.00. The van der Waals surface area contributed by atoms with Crippen LogP contribution < -0.4 is 10.9 Å². The molecule has 4 nitrogen and oxygen atoms in total. The topological polar surface area (TPSA) is 58.2 Å². The number of carbonyl (C=O) groups is 2. The first-order valence-corrected chi connectivity index (χ1v) is 6.97. The number of halogens is 1. The van der Waals surface area contributed by atoms with Crippen LogP contribution in [0.4, 0.5) is 0 Å². The number of allylic oxidation sites excluding steroid dienone is 2. The second kappa shape index (κ2) is 6.52. The third-order valence-corrected chi connectivity index (χ3v) is 3.52. The molecule has 0 spiro atoms. The normalized spacial score (nSPS) is 17.8. The van der Waals surface area contributed by atoms with E-state index < -0.39 is 0 Å². The molecule has 0 bridgehead atoms. The van der Waals surface area contributed by atoms with E-state index in [1.165, 1.54) is 0 Å². The van der Waals surface area contributed by atoms with E-state index in [1.807, 2.05) is 12.1 Å². The van der Waals surface area contributed by atoms with Gasteiger partial charge in [0.25, 0.3) is 5.91 Å². The van der Waals surface area contributed by atoms with Crippen LogP contribution in [0, 0.1) is 5.92 Å². The van der Waals surface area contributed by atoms with Crippen LogP contribution in [0.3, 0.4) is 0 Å². The zero-order chi connectivity index (χ0) is 13.7. The van der Waals surface area contributed by atoms with E-state index >= 15 is 0 Å². The summed E-state index contributed by atoms with van der Waals surface area (Å²) in [4.78, 5) is 23.7. The number of nitrogens with one attached hydrogen (secondary N) is 2. The van der Waals surface area contributed by atoms with E-state index in [9.17, 15) is 9.59 Å². The Balaban J connectivity index is 1.86. The minimum Gasteiger partial charge on any atom is -0.273 e. The lowest BCUT2D eigenvalue weighted by atomic mass is 9.94. The lowest BCUT2D eigenvalue weighted by Crippen LogP contribution is -2.44. The molecule has 2 N–H and O–H groups in total. The van der Waals surface area contributed by atoms with Gasteiger partial charge in [-0.25, -0.2) is 0 Å². The minimum absolute atomic E-state index is 0.0483. The first-order chi connectivity index (χ1) is 9.16. The summed E-state index contributed by atoms with van der Waals surface area (Å²) in [5, 5.41) is 0. The van der Waals surface area contributed by atoms with E-state index in [2.05, 4.69) is 32.9 Å². The van der Waals surface area contributed by atoms with Gasteiger partial charge in [0.15, 0.2) is 0 Å². The fourth-order valence-electron chi connectivity index (χ4n) is 1.95. The van der Waals surface area contributed by atoms with Crippen molar-refractivity contribution in [2.45, 2.75) is 19.3 Å². The molecule has 5 heteroatoms. The number of carbonyl (C=O) groups excluding carboxylic acids is 2. The lowest BCUT2D eigenvalue weighted by molar-refractivity contribution is -0.126. The van der Waals surface area contributed by atoms with Crippen molar-refractivity contribution in [1.82, 2.24) is 10.9 Å². The molecule has 0 aromatic heterocycles. The van der Waals surface area contributed by atoms with Crippen molar-refractivity contribution < 1.29 is 9.59 Å². The summed E-state index contributed by atoms with van der Waals surface area (Å²) in [6.45, 7) is 0. The van der Waals surface area contributed by atoms with Crippen LogP contribution >= 0.6 is 15.9 Å². The van der Waals surface area contributed by atoms with Gasteiger partial charge in [-0.3, -0.25) is 20.4 Å². The second-order valence-corrected chi connectivity index (χ2v) is 5.35. The molecule has 19 heavy (non-hydrogen) atoms. The number of benzene rings is 1. The molecule has 1 aromatic carbocycles. The number of amides is 2.